The van der Waals surface area contributed by atoms with Crippen LogP contribution in [0.1, 0.15) is 19.5 Å². The van der Waals surface area contributed by atoms with Gasteiger partial charge in [-0.15, -0.1) is 11.3 Å². The first-order valence-electron chi connectivity index (χ1n) is 4.92. The summed E-state index contributed by atoms with van der Waals surface area (Å²) in [6, 6.07) is 0. The van der Waals surface area contributed by atoms with Gasteiger partial charge in [-0.25, -0.2) is 4.98 Å². The highest BCUT2D eigenvalue weighted by Crippen LogP contribution is 2.17. The number of anilines is 1. The van der Waals surface area contributed by atoms with E-state index in [1.807, 2.05) is 19.0 Å². The minimum Gasteiger partial charge on any atom is -0.354 e. The highest BCUT2D eigenvalue weighted by atomic mass is 32.1. The molecule has 0 saturated carbocycles. The molecule has 1 N–H and O–H groups in total. The van der Waals surface area contributed by atoms with Crippen LogP contribution in [0.15, 0.2) is 5.38 Å². The first-order chi connectivity index (χ1) is 6.59. The molecule has 80 valence electrons. The van der Waals surface area contributed by atoms with Crippen molar-refractivity contribution in [1.82, 2.24) is 10.3 Å². The second-order valence-electron chi connectivity index (χ2n) is 4.04. The van der Waals surface area contributed by atoms with Crippen molar-refractivity contribution in [2.75, 3.05) is 25.5 Å². The summed E-state index contributed by atoms with van der Waals surface area (Å²) in [6.45, 7) is 6.34. The van der Waals surface area contributed by atoms with Gasteiger partial charge in [0.25, 0.3) is 0 Å². The van der Waals surface area contributed by atoms with Crippen LogP contribution >= 0.6 is 11.3 Å². The summed E-state index contributed by atoms with van der Waals surface area (Å²) in [4.78, 5) is 6.53. The number of hydrogen-bond acceptors (Lipinski definition) is 4. The number of hydrogen-bond donors (Lipinski definition) is 1. The van der Waals surface area contributed by atoms with Crippen LogP contribution in [0, 0.1) is 5.92 Å². The fourth-order valence-corrected chi connectivity index (χ4v) is 1.83. The molecular weight excluding hydrogens is 194 g/mol. The predicted molar refractivity (Wildman–Crippen MR) is 63.0 cm³/mol. The molecule has 1 aromatic heterocycles. The van der Waals surface area contributed by atoms with E-state index >= 15 is 0 Å². The van der Waals surface area contributed by atoms with Gasteiger partial charge in [-0.3, -0.25) is 0 Å². The normalized spacial score (nSPS) is 10.9. The molecule has 0 saturated heterocycles. The second kappa shape index (κ2) is 5.32. The Hall–Kier alpha value is -0.610. The van der Waals surface area contributed by atoms with E-state index in [1.165, 1.54) is 0 Å². The standard InChI is InChI=1S/C10H19N3S/c1-8(2)5-11-6-9-7-14-10(12-9)13(3)4/h7-8,11H,5-6H2,1-4H3. The smallest absolute Gasteiger partial charge is 0.185 e. The molecule has 14 heavy (non-hydrogen) atoms. The fourth-order valence-electron chi connectivity index (χ4n) is 1.07. The van der Waals surface area contributed by atoms with Crippen molar-refractivity contribution in [3.05, 3.63) is 11.1 Å². The monoisotopic (exact) mass is 213 g/mol. The lowest BCUT2D eigenvalue weighted by Gasteiger charge is -2.06. The van der Waals surface area contributed by atoms with Crippen molar-refractivity contribution < 1.29 is 0 Å². The number of nitrogens with one attached hydrogen (secondary N) is 1. The lowest BCUT2D eigenvalue weighted by atomic mass is 10.2. The summed E-state index contributed by atoms with van der Waals surface area (Å²) in [7, 11) is 4.04. The Kier molecular flexibility index (Phi) is 4.35. The van der Waals surface area contributed by atoms with E-state index in [4.69, 9.17) is 0 Å². The zero-order valence-electron chi connectivity index (χ0n) is 9.37. The molecule has 4 heteroatoms. The molecule has 0 atom stereocenters. The molecule has 1 heterocycles. The molecule has 1 rings (SSSR count). The van der Waals surface area contributed by atoms with Gasteiger partial charge in [0, 0.05) is 26.0 Å². The minimum absolute atomic E-state index is 0.696. The van der Waals surface area contributed by atoms with Gasteiger partial charge in [0.05, 0.1) is 5.69 Å². The Balaban J connectivity index is 2.36. The van der Waals surface area contributed by atoms with E-state index in [0.29, 0.717) is 5.92 Å². The quantitative estimate of drug-likeness (QED) is 0.810. The third-order valence-corrected chi connectivity index (χ3v) is 2.84. The van der Waals surface area contributed by atoms with Crippen LogP contribution in [0.2, 0.25) is 0 Å². The zero-order chi connectivity index (χ0) is 10.6. The molecule has 0 aliphatic carbocycles. The fraction of sp³-hybridized carbons (Fsp3) is 0.700. The van der Waals surface area contributed by atoms with Crippen LogP contribution in [-0.4, -0.2) is 25.6 Å². The van der Waals surface area contributed by atoms with Gasteiger partial charge in [0.2, 0.25) is 0 Å². The highest BCUT2D eigenvalue weighted by Gasteiger charge is 2.02. The van der Waals surface area contributed by atoms with Crippen molar-refractivity contribution in [3.8, 4) is 0 Å². The summed E-state index contributed by atoms with van der Waals surface area (Å²) in [5, 5.41) is 6.57. The van der Waals surface area contributed by atoms with Gasteiger partial charge in [-0.05, 0) is 12.5 Å². The number of nitrogens with zero attached hydrogens (tertiary/aromatic N) is 2. The number of rotatable bonds is 5. The van der Waals surface area contributed by atoms with Crippen LogP contribution in [0.25, 0.3) is 0 Å². The molecule has 0 unspecified atom stereocenters. The van der Waals surface area contributed by atoms with Crippen LogP contribution in [-0.2, 0) is 6.54 Å². The summed E-state index contributed by atoms with van der Waals surface area (Å²) in [5.74, 6) is 0.696. The molecule has 0 aromatic carbocycles. The van der Waals surface area contributed by atoms with Crippen LogP contribution in [0.5, 0.6) is 0 Å². The maximum Gasteiger partial charge on any atom is 0.185 e. The Morgan fingerprint density at radius 2 is 2.21 bits per heavy atom. The maximum absolute atomic E-state index is 4.49. The van der Waals surface area contributed by atoms with Crippen LogP contribution in [0.4, 0.5) is 5.13 Å². The second-order valence-corrected chi connectivity index (χ2v) is 4.88. The summed E-state index contributed by atoms with van der Waals surface area (Å²) in [5.41, 5.74) is 1.14. The van der Waals surface area contributed by atoms with E-state index in [-0.39, 0.29) is 0 Å². The molecule has 0 amide bonds. The lowest BCUT2D eigenvalue weighted by Crippen LogP contribution is -2.19. The molecule has 0 radical (unpaired) electrons. The highest BCUT2D eigenvalue weighted by molar-refractivity contribution is 7.13. The van der Waals surface area contributed by atoms with Gasteiger partial charge in [-0.1, -0.05) is 13.8 Å². The largest absolute Gasteiger partial charge is 0.354 e. The summed E-state index contributed by atoms with van der Waals surface area (Å²) < 4.78 is 0. The molecule has 0 fully saturated rings. The zero-order valence-corrected chi connectivity index (χ0v) is 10.2. The minimum atomic E-state index is 0.696. The Morgan fingerprint density at radius 3 is 2.71 bits per heavy atom. The summed E-state index contributed by atoms with van der Waals surface area (Å²) in [6.07, 6.45) is 0. The van der Waals surface area contributed by atoms with Crippen LogP contribution in [0.3, 0.4) is 0 Å². The third kappa shape index (κ3) is 3.64. The van der Waals surface area contributed by atoms with Crippen molar-refractivity contribution in [3.63, 3.8) is 0 Å². The molecule has 0 spiro atoms. The van der Waals surface area contributed by atoms with E-state index in [1.54, 1.807) is 11.3 Å². The van der Waals surface area contributed by atoms with E-state index in [0.717, 1.165) is 23.9 Å². The number of aromatic nitrogens is 1. The van der Waals surface area contributed by atoms with Crippen molar-refractivity contribution >= 4 is 16.5 Å². The average Bonchev–Trinajstić information content (AvgIpc) is 2.52. The summed E-state index contributed by atoms with van der Waals surface area (Å²) >= 11 is 1.69. The van der Waals surface area contributed by atoms with Crippen molar-refractivity contribution in [2.45, 2.75) is 20.4 Å². The van der Waals surface area contributed by atoms with Gasteiger partial charge >= 0.3 is 0 Å². The molecule has 0 aliphatic rings. The Morgan fingerprint density at radius 1 is 1.50 bits per heavy atom. The predicted octanol–water partition coefficient (Wildman–Crippen LogP) is 1.95. The SMILES string of the molecule is CC(C)CNCc1csc(N(C)C)n1. The molecule has 3 nitrogen and oxygen atoms in total. The van der Waals surface area contributed by atoms with E-state index < -0.39 is 0 Å². The number of thiazole rings is 1. The third-order valence-electron chi connectivity index (χ3n) is 1.78. The lowest BCUT2D eigenvalue weighted by molar-refractivity contribution is 0.549. The van der Waals surface area contributed by atoms with E-state index in [2.05, 4.69) is 29.5 Å². The Labute approximate surface area is 90.2 Å². The van der Waals surface area contributed by atoms with Gasteiger partial charge in [0.15, 0.2) is 5.13 Å². The van der Waals surface area contributed by atoms with Crippen molar-refractivity contribution in [1.29, 1.82) is 0 Å². The van der Waals surface area contributed by atoms with E-state index in [9.17, 15) is 0 Å². The van der Waals surface area contributed by atoms with Gasteiger partial charge in [-0.2, -0.15) is 0 Å². The maximum atomic E-state index is 4.49. The first-order valence-corrected chi connectivity index (χ1v) is 5.80. The first kappa shape index (κ1) is 11.5. The molecule has 0 aliphatic heterocycles. The van der Waals surface area contributed by atoms with Crippen LogP contribution < -0.4 is 10.2 Å². The molecule has 1 aromatic rings. The average molecular weight is 213 g/mol. The van der Waals surface area contributed by atoms with Gasteiger partial charge < -0.3 is 10.2 Å². The Bertz CT molecular complexity index is 268. The van der Waals surface area contributed by atoms with Gasteiger partial charge in [0.1, 0.15) is 0 Å². The van der Waals surface area contributed by atoms with Crippen molar-refractivity contribution in [2.24, 2.45) is 5.92 Å². The topological polar surface area (TPSA) is 28.2 Å². The molecule has 0 bridgehead atoms. The molecular formula is C10H19N3S.